The number of hydrogen-bond acceptors (Lipinski definition) is 3. The number of carbonyl (C=O) groups excluding carboxylic acids is 1. The van der Waals surface area contributed by atoms with Gasteiger partial charge in [-0.15, -0.1) is 0 Å². The van der Waals surface area contributed by atoms with Crippen molar-refractivity contribution in [1.82, 2.24) is 4.98 Å². The van der Waals surface area contributed by atoms with Gasteiger partial charge in [-0.3, -0.25) is 9.78 Å². The van der Waals surface area contributed by atoms with Crippen LogP contribution in [0.1, 0.15) is 12.5 Å². The molecule has 4 heteroatoms. The molecule has 1 rings (SSSR count). The van der Waals surface area contributed by atoms with Crippen molar-refractivity contribution in [3.63, 3.8) is 0 Å². The molecule has 3 N–H and O–H groups in total. The van der Waals surface area contributed by atoms with E-state index in [1.807, 2.05) is 13.0 Å². The highest BCUT2D eigenvalue weighted by Crippen LogP contribution is 2.08. The first kappa shape index (κ1) is 10.7. The molecule has 1 aromatic heterocycles. The maximum Gasteiger partial charge on any atom is 0.228 e. The molecule has 0 bridgehead atoms. The number of nitrogens with one attached hydrogen (secondary N) is 1. The van der Waals surface area contributed by atoms with Crippen LogP contribution in [-0.4, -0.2) is 17.4 Å². The number of aromatic nitrogens is 1. The van der Waals surface area contributed by atoms with Crippen LogP contribution in [-0.2, 0) is 4.79 Å². The molecule has 0 fully saturated rings. The molecule has 76 valence electrons. The van der Waals surface area contributed by atoms with E-state index in [2.05, 4.69) is 10.3 Å². The van der Waals surface area contributed by atoms with Crippen LogP contribution in [0.2, 0.25) is 0 Å². The summed E-state index contributed by atoms with van der Waals surface area (Å²) in [5.74, 6) is -0.240. The van der Waals surface area contributed by atoms with Gasteiger partial charge in [0.2, 0.25) is 5.91 Å². The molecule has 0 saturated heterocycles. The summed E-state index contributed by atoms with van der Waals surface area (Å²) in [6, 6.07) is 1.87. The molecular weight excluding hydrogens is 178 g/mol. The summed E-state index contributed by atoms with van der Waals surface area (Å²) in [6.45, 7) is 4.07. The minimum absolute atomic E-state index is 0.0695. The van der Waals surface area contributed by atoms with Crippen molar-refractivity contribution < 1.29 is 4.79 Å². The Bertz CT molecular complexity index is 325. The van der Waals surface area contributed by atoms with Gasteiger partial charge in [0.15, 0.2) is 0 Å². The monoisotopic (exact) mass is 193 g/mol. The molecule has 1 atom stereocenters. The Morgan fingerprint density at radius 1 is 1.64 bits per heavy atom. The molecule has 1 heterocycles. The van der Waals surface area contributed by atoms with Crippen molar-refractivity contribution in [2.45, 2.75) is 13.8 Å². The summed E-state index contributed by atoms with van der Waals surface area (Å²) in [7, 11) is 0. The zero-order chi connectivity index (χ0) is 10.6. The van der Waals surface area contributed by atoms with Crippen LogP contribution < -0.4 is 11.1 Å². The van der Waals surface area contributed by atoms with E-state index < -0.39 is 0 Å². The van der Waals surface area contributed by atoms with Gasteiger partial charge in [0.05, 0.1) is 11.9 Å². The van der Waals surface area contributed by atoms with Gasteiger partial charge in [0.1, 0.15) is 0 Å². The predicted molar refractivity (Wildman–Crippen MR) is 55.8 cm³/mol. The van der Waals surface area contributed by atoms with E-state index in [1.54, 1.807) is 19.3 Å². The SMILES string of the molecule is Cc1cncc(NC(=O)C(C)CN)c1. The molecule has 0 aliphatic carbocycles. The van der Waals surface area contributed by atoms with Crippen molar-refractivity contribution in [1.29, 1.82) is 0 Å². The minimum atomic E-state index is -0.171. The maximum absolute atomic E-state index is 11.4. The van der Waals surface area contributed by atoms with Crippen LogP contribution >= 0.6 is 0 Å². The highest BCUT2D eigenvalue weighted by Gasteiger charge is 2.10. The molecular formula is C10H15N3O. The summed E-state index contributed by atoms with van der Waals surface area (Å²) in [5.41, 5.74) is 7.11. The summed E-state index contributed by atoms with van der Waals surface area (Å²) >= 11 is 0. The van der Waals surface area contributed by atoms with E-state index in [0.29, 0.717) is 6.54 Å². The molecule has 0 aromatic carbocycles. The zero-order valence-electron chi connectivity index (χ0n) is 8.45. The number of aryl methyl sites for hydroxylation is 1. The summed E-state index contributed by atoms with van der Waals surface area (Å²) in [6.07, 6.45) is 3.36. The van der Waals surface area contributed by atoms with Crippen molar-refractivity contribution in [3.8, 4) is 0 Å². The molecule has 0 saturated carbocycles. The topological polar surface area (TPSA) is 68.0 Å². The fourth-order valence-corrected chi connectivity index (χ4v) is 0.996. The summed E-state index contributed by atoms with van der Waals surface area (Å²) in [4.78, 5) is 15.4. The highest BCUT2D eigenvalue weighted by atomic mass is 16.1. The molecule has 1 aromatic rings. The second-order valence-corrected chi connectivity index (χ2v) is 3.38. The number of rotatable bonds is 3. The number of nitrogens with two attached hydrogens (primary N) is 1. The van der Waals surface area contributed by atoms with E-state index in [-0.39, 0.29) is 11.8 Å². The van der Waals surface area contributed by atoms with Gasteiger partial charge in [-0.1, -0.05) is 6.92 Å². The number of pyridine rings is 1. The first-order valence-corrected chi connectivity index (χ1v) is 4.56. The Morgan fingerprint density at radius 3 is 2.93 bits per heavy atom. The summed E-state index contributed by atoms with van der Waals surface area (Å²) in [5, 5.41) is 2.75. The fraction of sp³-hybridized carbons (Fsp3) is 0.400. The van der Waals surface area contributed by atoms with Crippen molar-refractivity contribution in [2.75, 3.05) is 11.9 Å². The van der Waals surface area contributed by atoms with E-state index in [9.17, 15) is 4.79 Å². The third kappa shape index (κ3) is 2.81. The Labute approximate surface area is 83.5 Å². The van der Waals surface area contributed by atoms with Crippen LogP contribution in [0.4, 0.5) is 5.69 Å². The first-order valence-electron chi connectivity index (χ1n) is 4.56. The highest BCUT2D eigenvalue weighted by molar-refractivity contribution is 5.92. The smallest absolute Gasteiger partial charge is 0.228 e. The van der Waals surface area contributed by atoms with Crippen LogP contribution in [0.25, 0.3) is 0 Å². The van der Waals surface area contributed by atoms with E-state index in [1.165, 1.54) is 0 Å². The Morgan fingerprint density at radius 2 is 2.36 bits per heavy atom. The normalized spacial score (nSPS) is 12.2. The lowest BCUT2D eigenvalue weighted by molar-refractivity contribution is -0.119. The third-order valence-electron chi connectivity index (χ3n) is 1.94. The average molecular weight is 193 g/mol. The fourth-order valence-electron chi connectivity index (χ4n) is 0.996. The standard InChI is InChI=1S/C10H15N3O/c1-7-3-9(6-12-5-7)13-10(14)8(2)4-11/h3,5-6,8H,4,11H2,1-2H3,(H,13,14). The van der Waals surface area contributed by atoms with Gasteiger partial charge in [-0.05, 0) is 18.6 Å². The second kappa shape index (κ2) is 4.72. The Kier molecular flexibility index (Phi) is 3.59. The van der Waals surface area contributed by atoms with E-state index >= 15 is 0 Å². The van der Waals surface area contributed by atoms with Crippen LogP contribution in [0.5, 0.6) is 0 Å². The lowest BCUT2D eigenvalue weighted by Crippen LogP contribution is -2.26. The Hall–Kier alpha value is -1.42. The number of nitrogens with zero attached hydrogens (tertiary/aromatic N) is 1. The van der Waals surface area contributed by atoms with Crippen molar-refractivity contribution in [3.05, 3.63) is 24.0 Å². The molecule has 14 heavy (non-hydrogen) atoms. The van der Waals surface area contributed by atoms with Gasteiger partial charge >= 0.3 is 0 Å². The maximum atomic E-state index is 11.4. The van der Waals surface area contributed by atoms with Crippen LogP contribution in [0, 0.1) is 12.8 Å². The Balaban J connectivity index is 2.65. The van der Waals surface area contributed by atoms with E-state index in [0.717, 1.165) is 11.3 Å². The molecule has 0 spiro atoms. The molecule has 0 aliphatic heterocycles. The van der Waals surface area contributed by atoms with Crippen LogP contribution in [0.15, 0.2) is 18.5 Å². The third-order valence-corrected chi connectivity index (χ3v) is 1.94. The van der Waals surface area contributed by atoms with E-state index in [4.69, 9.17) is 5.73 Å². The number of hydrogen-bond donors (Lipinski definition) is 2. The summed E-state index contributed by atoms with van der Waals surface area (Å²) < 4.78 is 0. The number of anilines is 1. The van der Waals surface area contributed by atoms with Crippen molar-refractivity contribution in [2.24, 2.45) is 11.7 Å². The lowest BCUT2D eigenvalue weighted by Gasteiger charge is -2.09. The number of amides is 1. The zero-order valence-corrected chi connectivity index (χ0v) is 8.45. The van der Waals surface area contributed by atoms with Gasteiger partial charge in [-0.2, -0.15) is 0 Å². The molecule has 0 aliphatic rings. The molecule has 1 amide bonds. The molecule has 1 unspecified atom stereocenters. The van der Waals surface area contributed by atoms with Gasteiger partial charge in [-0.25, -0.2) is 0 Å². The number of carbonyl (C=O) groups is 1. The minimum Gasteiger partial charge on any atom is -0.330 e. The van der Waals surface area contributed by atoms with Gasteiger partial charge in [0, 0.05) is 18.7 Å². The average Bonchev–Trinajstić information content (AvgIpc) is 2.16. The van der Waals surface area contributed by atoms with Crippen molar-refractivity contribution >= 4 is 11.6 Å². The van der Waals surface area contributed by atoms with Gasteiger partial charge < -0.3 is 11.1 Å². The second-order valence-electron chi connectivity index (χ2n) is 3.38. The largest absolute Gasteiger partial charge is 0.330 e. The van der Waals surface area contributed by atoms with Crippen LogP contribution in [0.3, 0.4) is 0 Å². The first-order chi connectivity index (χ1) is 6.63. The predicted octanol–water partition coefficient (Wildman–Crippen LogP) is 0.923. The van der Waals surface area contributed by atoms with Gasteiger partial charge in [0.25, 0.3) is 0 Å². The lowest BCUT2D eigenvalue weighted by atomic mass is 10.1. The molecule has 4 nitrogen and oxygen atoms in total. The molecule has 0 radical (unpaired) electrons. The quantitative estimate of drug-likeness (QED) is 0.750.